The zero-order valence-corrected chi connectivity index (χ0v) is 10.2. The van der Waals surface area contributed by atoms with E-state index in [2.05, 4.69) is 19.8 Å². The van der Waals surface area contributed by atoms with Crippen LogP contribution in [0.2, 0.25) is 0 Å². The first-order chi connectivity index (χ1) is 7.86. The van der Waals surface area contributed by atoms with Gasteiger partial charge in [-0.25, -0.2) is 4.98 Å². The van der Waals surface area contributed by atoms with Crippen LogP contribution >= 0.6 is 0 Å². The monoisotopic (exact) mass is 222 g/mol. The molecule has 0 atom stereocenters. The van der Waals surface area contributed by atoms with Crippen LogP contribution < -0.4 is 5.32 Å². The van der Waals surface area contributed by atoms with Gasteiger partial charge in [0.25, 0.3) is 0 Å². The van der Waals surface area contributed by atoms with Crippen LogP contribution in [0.4, 0.5) is 0 Å². The third-order valence-corrected chi connectivity index (χ3v) is 3.26. The molecule has 0 radical (unpaired) electrons. The molecule has 0 aromatic carbocycles. The maximum atomic E-state index is 4.29. The van der Waals surface area contributed by atoms with Crippen LogP contribution in [0.1, 0.15) is 25.1 Å². The molecule has 0 unspecified atom stereocenters. The fourth-order valence-electron chi connectivity index (χ4n) is 2.19. The van der Waals surface area contributed by atoms with E-state index in [9.17, 15) is 0 Å². The first-order valence-electron chi connectivity index (χ1n) is 6.25. The van der Waals surface area contributed by atoms with Gasteiger partial charge in [0.15, 0.2) is 0 Å². The van der Waals surface area contributed by atoms with E-state index in [-0.39, 0.29) is 0 Å². The Labute approximate surface area is 97.7 Å². The van der Waals surface area contributed by atoms with Crippen molar-refractivity contribution in [2.75, 3.05) is 26.2 Å². The number of imidazole rings is 1. The molecule has 1 aliphatic heterocycles. The summed E-state index contributed by atoms with van der Waals surface area (Å²) in [5.74, 6) is 1.11. The zero-order chi connectivity index (χ0) is 11.2. The predicted octanol–water partition coefficient (Wildman–Crippen LogP) is 0.996. The Bertz CT molecular complexity index is 302. The summed E-state index contributed by atoms with van der Waals surface area (Å²) >= 11 is 0. The van der Waals surface area contributed by atoms with Crippen molar-refractivity contribution in [3.63, 3.8) is 0 Å². The smallest absolute Gasteiger partial charge is 0.122 e. The summed E-state index contributed by atoms with van der Waals surface area (Å²) in [7, 11) is 2.04. The zero-order valence-electron chi connectivity index (χ0n) is 10.2. The summed E-state index contributed by atoms with van der Waals surface area (Å²) in [5, 5.41) is 3.45. The molecule has 4 nitrogen and oxygen atoms in total. The van der Waals surface area contributed by atoms with Crippen molar-refractivity contribution in [2.45, 2.75) is 25.8 Å². The van der Waals surface area contributed by atoms with E-state index in [1.54, 1.807) is 0 Å². The lowest BCUT2D eigenvalue weighted by Crippen LogP contribution is -2.35. The average molecular weight is 222 g/mol. The molecule has 0 amide bonds. The number of nitrogens with zero attached hydrogens (tertiary/aromatic N) is 3. The fraction of sp³-hybridized carbons (Fsp3) is 0.750. The van der Waals surface area contributed by atoms with Gasteiger partial charge in [-0.2, -0.15) is 0 Å². The highest BCUT2D eigenvalue weighted by Crippen LogP contribution is 2.07. The van der Waals surface area contributed by atoms with E-state index in [4.69, 9.17) is 0 Å². The number of aromatic nitrogens is 2. The van der Waals surface area contributed by atoms with Gasteiger partial charge < -0.3 is 14.8 Å². The van der Waals surface area contributed by atoms with Crippen molar-refractivity contribution >= 4 is 0 Å². The van der Waals surface area contributed by atoms with E-state index in [0.717, 1.165) is 18.9 Å². The molecule has 4 heteroatoms. The summed E-state index contributed by atoms with van der Waals surface area (Å²) in [5.41, 5.74) is 0. The van der Waals surface area contributed by atoms with E-state index in [1.807, 2.05) is 19.4 Å². The minimum Gasteiger partial charge on any atom is -0.337 e. The van der Waals surface area contributed by atoms with Crippen LogP contribution in [0.3, 0.4) is 0 Å². The summed E-state index contributed by atoms with van der Waals surface area (Å²) in [6.45, 7) is 5.67. The van der Waals surface area contributed by atoms with Crippen LogP contribution in [0.25, 0.3) is 0 Å². The predicted molar refractivity (Wildman–Crippen MR) is 65.2 cm³/mol. The maximum absolute atomic E-state index is 4.29. The number of rotatable bonds is 5. The Morgan fingerprint density at radius 1 is 1.31 bits per heavy atom. The van der Waals surface area contributed by atoms with Gasteiger partial charge in [0.05, 0.1) is 6.54 Å². The molecule has 16 heavy (non-hydrogen) atoms. The highest BCUT2D eigenvalue weighted by Gasteiger charge is 2.08. The Hall–Kier alpha value is -0.870. The quantitative estimate of drug-likeness (QED) is 0.754. The number of likely N-dealkylation sites (tertiary alicyclic amines) is 1. The average Bonchev–Trinajstić information content (AvgIpc) is 2.72. The molecule has 1 aromatic heterocycles. The van der Waals surface area contributed by atoms with Crippen LogP contribution in [-0.2, 0) is 13.6 Å². The number of nitrogens with one attached hydrogen (secondary N) is 1. The lowest BCUT2D eigenvalue weighted by molar-refractivity contribution is 0.228. The van der Waals surface area contributed by atoms with Gasteiger partial charge in [-0.3, -0.25) is 0 Å². The third kappa shape index (κ3) is 3.32. The molecule has 1 aliphatic rings. The molecular weight excluding hydrogens is 200 g/mol. The number of piperidine rings is 1. The Morgan fingerprint density at radius 3 is 2.81 bits per heavy atom. The van der Waals surface area contributed by atoms with Crippen molar-refractivity contribution in [3.8, 4) is 0 Å². The van der Waals surface area contributed by atoms with Gasteiger partial charge in [0.2, 0.25) is 0 Å². The number of aryl methyl sites for hydroxylation is 1. The van der Waals surface area contributed by atoms with Crippen LogP contribution in [-0.4, -0.2) is 40.6 Å². The largest absolute Gasteiger partial charge is 0.337 e. The standard InChI is InChI=1S/C12H22N4/c1-15-9-6-14-12(15)11-13-5-10-16-7-3-2-4-8-16/h6,9,13H,2-5,7-8,10-11H2,1H3. The fourth-order valence-corrected chi connectivity index (χ4v) is 2.19. The van der Waals surface area contributed by atoms with Crippen molar-refractivity contribution in [2.24, 2.45) is 7.05 Å². The second-order valence-corrected chi connectivity index (χ2v) is 4.53. The van der Waals surface area contributed by atoms with E-state index in [1.165, 1.54) is 38.9 Å². The van der Waals surface area contributed by atoms with Gasteiger partial charge in [-0.1, -0.05) is 6.42 Å². The SMILES string of the molecule is Cn1ccnc1CNCCN1CCCCC1. The Balaban J connectivity index is 1.59. The van der Waals surface area contributed by atoms with Gasteiger partial charge >= 0.3 is 0 Å². The molecular formula is C12H22N4. The molecule has 1 N–H and O–H groups in total. The summed E-state index contributed by atoms with van der Waals surface area (Å²) in [6, 6.07) is 0. The van der Waals surface area contributed by atoms with Crippen LogP contribution in [0, 0.1) is 0 Å². The topological polar surface area (TPSA) is 33.1 Å². The van der Waals surface area contributed by atoms with E-state index < -0.39 is 0 Å². The minimum atomic E-state index is 0.872. The summed E-state index contributed by atoms with van der Waals surface area (Å²) < 4.78 is 2.06. The molecule has 1 saturated heterocycles. The lowest BCUT2D eigenvalue weighted by atomic mass is 10.1. The molecule has 0 spiro atoms. The van der Waals surface area contributed by atoms with Gasteiger partial charge in [0.1, 0.15) is 5.82 Å². The third-order valence-electron chi connectivity index (χ3n) is 3.26. The van der Waals surface area contributed by atoms with Gasteiger partial charge in [-0.05, 0) is 25.9 Å². The molecule has 1 fully saturated rings. The first kappa shape index (κ1) is 11.6. The van der Waals surface area contributed by atoms with Crippen LogP contribution in [0.15, 0.2) is 12.4 Å². The molecule has 90 valence electrons. The molecule has 1 aromatic rings. The second kappa shape index (κ2) is 6.01. The molecule has 2 rings (SSSR count). The lowest BCUT2D eigenvalue weighted by Gasteiger charge is -2.26. The van der Waals surface area contributed by atoms with Crippen molar-refractivity contribution in [3.05, 3.63) is 18.2 Å². The highest BCUT2D eigenvalue weighted by molar-refractivity contribution is 4.90. The normalized spacial score (nSPS) is 17.8. The highest BCUT2D eigenvalue weighted by atomic mass is 15.1. The Kier molecular flexibility index (Phi) is 4.36. The first-order valence-corrected chi connectivity index (χ1v) is 6.25. The summed E-state index contributed by atoms with van der Waals surface area (Å²) in [6.07, 6.45) is 8.00. The summed E-state index contributed by atoms with van der Waals surface area (Å²) in [4.78, 5) is 6.84. The molecule has 0 bridgehead atoms. The van der Waals surface area contributed by atoms with Gasteiger partial charge in [0, 0.05) is 32.5 Å². The second-order valence-electron chi connectivity index (χ2n) is 4.53. The van der Waals surface area contributed by atoms with Gasteiger partial charge in [-0.15, -0.1) is 0 Å². The van der Waals surface area contributed by atoms with Crippen molar-refractivity contribution in [1.82, 2.24) is 19.8 Å². The molecule has 0 saturated carbocycles. The van der Waals surface area contributed by atoms with Crippen molar-refractivity contribution < 1.29 is 0 Å². The van der Waals surface area contributed by atoms with E-state index in [0.29, 0.717) is 0 Å². The number of hydrogen-bond donors (Lipinski definition) is 1. The van der Waals surface area contributed by atoms with Crippen LogP contribution in [0.5, 0.6) is 0 Å². The Morgan fingerprint density at radius 2 is 2.12 bits per heavy atom. The minimum absolute atomic E-state index is 0.872. The maximum Gasteiger partial charge on any atom is 0.122 e. The molecule has 0 aliphatic carbocycles. The van der Waals surface area contributed by atoms with Crippen molar-refractivity contribution in [1.29, 1.82) is 0 Å². The molecule has 2 heterocycles. The number of hydrogen-bond acceptors (Lipinski definition) is 3. The van der Waals surface area contributed by atoms with E-state index >= 15 is 0 Å².